The molecule has 1 aliphatic carbocycles. The Balaban J connectivity index is 2.13. The van der Waals surface area contributed by atoms with Crippen LogP contribution in [0.25, 0.3) is 0 Å². The monoisotopic (exact) mass is 223 g/mol. The zero-order chi connectivity index (χ0) is 11.4. The minimum Gasteiger partial charge on any atom is -0.271 e. The smallest absolute Gasteiger partial charge is 0.143 e. The lowest BCUT2D eigenvalue weighted by Crippen LogP contribution is -2.38. The molecule has 1 aromatic heterocycles. The SMILES string of the molecule is CCC1CCCCC1C(NN)c1ncn[nH]1. The van der Waals surface area contributed by atoms with E-state index in [0.29, 0.717) is 5.92 Å². The second kappa shape index (κ2) is 5.41. The molecule has 0 spiro atoms. The molecule has 2 rings (SSSR count). The number of hydrazine groups is 1. The lowest BCUT2D eigenvalue weighted by Gasteiger charge is -2.35. The summed E-state index contributed by atoms with van der Waals surface area (Å²) in [7, 11) is 0. The number of hydrogen-bond acceptors (Lipinski definition) is 4. The van der Waals surface area contributed by atoms with Gasteiger partial charge in [0.05, 0.1) is 6.04 Å². The molecule has 90 valence electrons. The first-order chi connectivity index (χ1) is 7.86. The molecule has 4 N–H and O–H groups in total. The van der Waals surface area contributed by atoms with E-state index in [1.165, 1.54) is 32.1 Å². The number of hydrogen-bond donors (Lipinski definition) is 3. The van der Waals surface area contributed by atoms with E-state index in [4.69, 9.17) is 5.84 Å². The zero-order valence-corrected chi connectivity index (χ0v) is 9.82. The van der Waals surface area contributed by atoms with Crippen LogP contribution in [0.5, 0.6) is 0 Å². The molecule has 0 bridgehead atoms. The molecule has 3 atom stereocenters. The van der Waals surface area contributed by atoms with Crippen LogP contribution in [0.2, 0.25) is 0 Å². The van der Waals surface area contributed by atoms with Crippen LogP contribution >= 0.6 is 0 Å². The van der Waals surface area contributed by atoms with Gasteiger partial charge in [0.2, 0.25) is 0 Å². The highest BCUT2D eigenvalue weighted by atomic mass is 15.3. The number of aromatic amines is 1. The minimum absolute atomic E-state index is 0.118. The van der Waals surface area contributed by atoms with Gasteiger partial charge in [-0.3, -0.25) is 10.9 Å². The van der Waals surface area contributed by atoms with Crippen LogP contribution in [0, 0.1) is 11.8 Å². The van der Waals surface area contributed by atoms with Crippen LogP contribution in [-0.4, -0.2) is 15.2 Å². The van der Waals surface area contributed by atoms with E-state index >= 15 is 0 Å². The third-order valence-corrected chi connectivity index (χ3v) is 3.83. The molecule has 0 saturated heterocycles. The van der Waals surface area contributed by atoms with Crippen molar-refractivity contribution in [3.8, 4) is 0 Å². The topological polar surface area (TPSA) is 79.6 Å². The number of rotatable bonds is 4. The molecule has 1 fully saturated rings. The van der Waals surface area contributed by atoms with Gasteiger partial charge in [-0.2, -0.15) is 5.10 Å². The van der Waals surface area contributed by atoms with Crippen molar-refractivity contribution in [2.45, 2.75) is 45.1 Å². The van der Waals surface area contributed by atoms with E-state index in [1.807, 2.05) is 0 Å². The van der Waals surface area contributed by atoms with E-state index in [0.717, 1.165) is 11.7 Å². The lowest BCUT2D eigenvalue weighted by atomic mass is 9.74. The van der Waals surface area contributed by atoms with Gasteiger partial charge < -0.3 is 0 Å². The van der Waals surface area contributed by atoms with Gasteiger partial charge >= 0.3 is 0 Å². The summed E-state index contributed by atoms with van der Waals surface area (Å²) in [4.78, 5) is 4.22. The normalized spacial score (nSPS) is 27.9. The van der Waals surface area contributed by atoms with E-state index in [-0.39, 0.29) is 6.04 Å². The van der Waals surface area contributed by atoms with Crippen LogP contribution < -0.4 is 11.3 Å². The molecule has 1 heterocycles. The van der Waals surface area contributed by atoms with Gasteiger partial charge in [0.15, 0.2) is 0 Å². The first-order valence-electron chi connectivity index (χ1n) is 6.18. The fraction of sp³-hybridized carbons (Fsp3) is 0.818. The molecule has 0 radical (unpaired) electrons. The maximum absolute atomic E-state index is 5.67. The van der Waals surface area contributed by atoms with Crippen molar-refractivity contribution in [1.29, 1.82) is 0 Å². The Morgan fingerprint density at radius 1 is 1.56 bits per heavy atom. The van der Waals surface area contributed by atoms with Crippen LogP contribution in [0.4, 0.5) is 0 Å². The maximum Gasteiger partial charge on any atom is 0.143 e. The summed E-state index contributed by atoms with van der Waals surface area (Å²) < 4.78 is 0. The minimum atomic E-state index is 0.118. The van der Waals surface area contributed by atoms with Gasteiger partial charge in [0.25, 0.3) is 0 Å². The molecule has 16 heavy (non-hydrogen) atoms. The van der Waals surface area contributed by atoms with Crippen molar-refractivity contribution < 1.29 is 0 Å². The molecule has 0 aromatic carbocycles. The summed E-state index contributed by atoms with van der Waals surface area (Å²) in [5.74, 6) is 7.87. The first-order valence-corrected chi connectivity index (χ1v) is 6.18. The van der Waals surface area contributed by atoms with Crippen molar-refractivity contribution >= 4 is 0 Å². The Bertz CT molecular complexity index is 297. The van der Waals surface area contributed by atoms with Crippen molar-refractivity contribution in [2.75, 3.05) is 0 Å². The van der Waals surface area contributed by atoms with E-state index in [9.17, 15) is 0 Å². The maximum atomic E-state index is 5.67. The Morgan fingerprint density at radius 3 is 3.00 bits per heavy atom. The standard InChI is InChI=1S/C11H21N5/c1-2-8-5-3-4-6-9(8)10(15-12)11-13-7-14-16-11/h7-10,15H,2-6,12H2,1H3,(H,13,14,16). The number of nitrogens with one attached hydrogen (secondary N) is 2. The van der Waals surface area contributed by atoms with Crippen LogP contribution in [0.3, 0.4) is 0 Å². The Hall–Kier alpha value is -0.940. The second-order valence-electron chi connectivity index (χ2n) is 4.63. The van der Waals surface area contributed by atoms with Gasteiger partial charge in [-0.05, 0) is 18.3 Å². The third kappa shape index (κ3) is 2.25. The summed E-state index contributed by atoms with van der Waals surface area (Å²) in [6.45, 7) is 2.26. The number of aromatic nitrogens is 3. The van der Waals surface area contributed by atoms with Gasteiger partial charge in [-0.15, -0.1) is 0 Å². The Kier molecular flexibility index (Phi) is 3.90. The van der Waals surface area contributed by atoms with Crippen molar-refractivity contribution in [2.24, 2.45) is 17.7 Å². The van der Waals surface area contributed by atoms with Gasteiger partial charge in [-0.25, -0.2) is 10.4 Å². The highest BCUT2D eigenvalue weighted by Gasteiger charge is 2.32. The molecule has 1 aromatic rings. The summed E-state index contributed by atoms with van der Waals surface area (Å²) in [6, 6.07) is 0.118. The molecule has 0 aliphatic heterocycles. The molecule has 1 saturated carbocycles. The first kappa shape index (κ1) is 11.5. The average Bonchev–Trinajstić information content (AvgIpc) is 2.84. The van der Waals surface area contributed by atoms with Gasteiger partial charge in [0.1, 0.15) is 12.2 Å². The van der Waals surface area contributed by atoms with E-state index in [2.05, 4.69) is 27.5 Å². The van der Waals surface area contributed by atoms with E-state index in [1.54, 1.807) is 6.33 Å². The predicted octanol–water partition coefficient (Wildman–Crippen LogP) is 1.53. The molecule has 3 unspecified atom stereocenters. The Morgan fingerprint density at radius 2 is 2.38 bits per heavy atom. The third-order valence-electron chi connectivity index (χ3n) is 3.83. The van der Waals surface area contributed by atoms with Crippen molar-refractivity contribution in [3.05, 3.63) is 12.2 Å². The molecule has 1 aliphatic rings. The number of H-pyrrole nitrogens is 1. The van der Waals surface area contributed by atoms with Gasteiger partial charge in [-0.1, -0.05) is 32.6 Å². The predicted molar refractivity (Wildman–Crippen MR) is 62.2 cm³/mol. The summed E-state index contributed by atoms with van der Waals surface area (Å²) in [5.41, 5.74) is 2.90. The molecular formula is C11H21N5. The molecular weight excluding hydrogens is 202 g/mol. The number of nitrogens with two attached hydrogens (primary N) is 1. The van der Waals surface area contributed by atoms with Crippen molar-refractivity contribution in [1.82, 2.24) is 20.6 Å². The van der Waals surface area contributed by atoms with Crippen LogP contribution in [0.15, 0.2) is 6.33 Å². The number of nitrogens with zero attached hydrogens (tertiary/aromatic N) is 2. The Labute approximate surface area is 96.2 Å². The summed E-state index contributed by atoms with van der Waals surface area (Å²) in [6.07, 6.45) is 7.96. The molecule has 5 nitrogen and oxygen atoms in total. The van der Waals surface area contributed by atoms with Gasteiger partial charge in [0, 0.05) is 0 Å². The van der Waals surface area contributed by atoms with Crippen molar-refractivity contribution in [3.63, 3.8) is 0 Å². The van der Waals surface area contributed by atoms with Crippen LogP contribution in [0.1, 0.15) is 50.9 Å². The molecule has 5 heteroatoms. The summed E-state index contributed by atoms with van der Waals surface area (Å²) >= 11 is 0. The largest absolute Gasteiger partial charge is 0.271 e. The second-order valence-corrected chi connectivity index (χ2v) is 4.63. The average molecular weight is 223 g/mol. The fourth-order valence-electron chi connectivity index (χ4n) is 2.95. The fourth-order valence-corrected chi connectivity index (χ4v) is 2.95. The highest BCUT2D eigenvalue weighted by molar-refractivity contribution is 4.96. The summed E-state index contributed by atoms with van der Waals surface area (Å²) in [5, 5.41) is 6.83. The van der Waals surface area contributed by atoms with Crippen LogP contribution in [-0.2, 0) is 0 Å². The quantitative estimate of drug-likeness (QED) is 0.534. The lowest BCUT2D eigenvalue weighted by molar-refractivity contribution is 0.171. The van der Waals surface area contributed by atoms with E-state index < -0.39 is 0 Å². The molecule has 0 amide bonds. The highest BCUT2D eigenvalue weighted by Crippen LogP contribution is 2.38. The zero-order valence-electron chi connectivity index (χ0n) is 9.82.